The number of rotatable bonds is 6. The number of furan rings is 1. The molecule has 0 amide bonds. The van der Waals surface area contributed by atoms with Crippen molar-refractivity contribution in [1.29, 1.82) is 0 Å². The van der Waals surface area contributed by atoms with Crippen LogP contribution < -0.4 is 4.74 Å². The summed E-state index contributed by atoms with van der Waals surface area (Å²) in [5.41, 5.74) is 0.361. The number of hydrogen-bond acceptors (Lipinski definition) is 8. The number of hydrogen-bond donors (Lipinski definition) is 0. The zero-order chi connectivity index (χ0) is 20.1. The topological polar surface area (TPSA) is 122 Å². The molecule has 0 bridgehead atoms. The quantitative estimate of drug-likeness (QED) is 0.411. The number of aryl methyl sites for hydroxylation is 1. The summed E-state index contributed by atoms with van der Waals surface area (Å²) in [5.74, 6) is -1.79. The molecule has 2 heterocycles. The minimum atomic E-state index is -0.724. The fraction of sp³-hybridized carbons (Fsp3) is 0.235. The van der Waals surface area contributed by atoms with Crippen LogP contribution in [-0.4, -0.2) is 28.5 Å². The third kappa shape index (κ3) is 4.70. The maximum absolute atomic E-state index is 12.2. The molecular formula is C17H15ClN2O7. The van der Waals surface area contributed by atoms with Crippen LogP contribution in [0.1, 0.15) is 41.4 Å². The zero-order valence-corrected chi connectivity index (χ0v) is 15.4. The van der Waals surface area contributed by atoms with E-state index in [-0.39, 0.29) is 40.1 Å². The Morgan fingerprint density at radius 1 is 1.37 bits per heavy atom. The van der Waals surface area contributed by atoms with Crippen LogP contribution in [0.3, 0.4) is 0 Å². The molecule has 0 atom stereocenters. The fourth-order valence-corrected chi connectivity index (χ4v) is 2.40. The standard InChI is InChI=1S/C17H15ClN2O7/c1-4-25-17(22)14-9(2)19-12(15(18)16(14)26-10(3)21)7-5-11-6-8-13(27-11)20(23)24/h5-8H,4H2,1-3H3. The molecular weight excluding hydrogens is 380 g/mol. The van der Waals surface area contributed by atoms with E-state index in [0.29, 0.717) is 0 Å². The van der Waals surface area contributed by atoms with Gasteiger partial charge in [-0.15, -0.1) is 0 Å². The summed E-state index contributed by atoms with van der Waals surface area (Å²) < 4.78 is 15.1. The zero-order valence-electron chi connectivity index (χ0n) is 14.6. The maximum Gasteiger partial charge on any atom is 0.433 e. The van der Waals surface area contributed by atoms with Crippen molar-refractivity contribution in [2.24, 2.45) is 0 Å². The second kappa shape index (κ2) is 8.45. The molecule has 0 radical (unpaired) electrons. The Hall–Kier alpha value is -3.20. The van der Waals surface area contributed by atoms with Crippen molar-refractivity contribution in [2.45, 2.75) is 20.8 Å². The summed E-state index contributed by atoms with van der Waals surface area (Å²) in [6.45, 7) is 4.45. The van der Waals surface area contributed by atoms with Crippen molar-refractivity contribution >= 4 is 41.6 Å². The summed E-state index contributed by atoms with van der Waals surface area (Å²) in [4.78, 5) is 37.8. The Morgan fingerprint density at radius 3 is 2.63 bits per heavy atom. The van der Waals surface area contributed by atoms with Crippen LogP contribution in [0.5, 0.6) is 5.75 Å². The van der Waals surface area contributed by atoms with Gasteiger partial charge in [0.2, 0.25) is 0 Å². The number of carbonyl (C=O) groups is 2. The number of ether oxygens (including phenoxy) is 2. The lowest BCUT2D eigenvalue weighted by molar-refractivity contribution is -0.402. The van der Waals surface area contributed by atoms with Gasteiger partial charge in [-0.25, -0.2) is 4.79 Å². The second-order valence-corrected chi connectivity index (χ2v) is 5.56. The van der Waals surface area contributed by atoms with Gasteiger partial charge in [-0.05, 0) is 32.1 Å². The van der Waals surface area contributed by atoms with Crippen molar-refractivity contribution in [3.63, 3.8) is 0 Å². The number of carbonyl (C=O) groups excluding carboxylic acids is 2. The van der Waals surface area contributed by atoms with E-state index >= 15 is 0 Å². The molecule has 2 rings (SSSR count). The van der Waals surface area contributed by atoms with Crippen LogP contribution >= 0.6 is 11.6 Å². The highest BCUT2D eigenvalue weighted by Gasteiger charge is 2.25. The summed E-state index contributed by atoms with van der Waals surface area (Å²) >= 11 is 6.26. The molecule has 27 heavy (non-hydrogen) atoms. The average molecular weight is 395 g/mol. The smallest absolute Gasteiger partial charge is 0.433 e. The monoisotopic (exact) mass is 394 g/mol. The first-order chi connectivity index (χ1) is 12.7. The summed E-state index contributed by atoms with van der Waals surface area (Å²) in [6, 6.07) is 2.60. The van der Waals surface area contributed by atoms with Crippen LogP contribution in [0, 0.1) is 17.0 Å². The van der Waals surface area contributed by atoms with E-state index in [9.17, 15) is 19.7 Å². The molecule has 0 unspecified atom stereocenters. The molecule has 0 spiro atoms. The number of aromatic nitrogens is 1. The van der Waals surface area contributed by atoms with Gasteiger partial charge in [0.05, 0.1) is 24.1 Å². The first kappa shape index (κ1) is 20.1. The van der Waals surface area contributed by atoms with Crippen LogP contribution in [0.15, 0.2) is 16.5 Å². The van der Waals surface area contributed by atoms with E-state index in [1.165, 1.54) is 38.1 Å². The Bertz CT molecular complexity index is 934. The molecule has 0 aromatic carbocycles. The molecule has 2 aromatic rings. The first-order valence-corrected chi connectivity index (χ1v) is 8.10. The number of nitro groups is 1. The van der Waals surface area contributed by atoms with Crippen molar-refractivity contribution in [3.8, 4) is 5.75 Å². The summed E-state index contributed by atoms with van der Waals surface area (Å²) in [7, 11) is 0. The predicted octanol–water partition coefficient (Wildman–Crippen LogP) is 3.82. The molecule has 0 aliphatic rings. The van der Waals surface area contributed by atoms with Crippen LogP contribution in [0.2, 0.25) is 5.02 Å². The van der Waals surface area contributed by atoms with Gasteiger partial charge in [-0.3, -0.25) is 19.9 Å². The summed E-state index contributed by atoms with van der Waals surface area (Å²) in [6.07, 6.45) is 2.82. The number of pyridine rings is 1. The third-order valence-corrected chi connectivity index (χ3v) is 3.59. The van der Waals surface area contributed by atoms with Gasteiger partial charge >= 0.3 is 17.8 Å². The molecule has 0 fully saturated rings. The van der Waals surface area contributed by atoms with Gasteiger partial charge in [-0.1, -0.05) is 11.6 Å². The van der Waals surface area contributed by atoms with Crippen molar-refractivity contribution in [1.82, 2.24) is 4.98 Å². The van der Waals surface area contributed by atoms with E-state index in [1.54, 1.807) is 6.92 Å². The minimum Gasteiger partial charge on any atom is -0.462 e. The highest BCUT2D eigenvalue weighted by atomic mass is 35.5. The molecule has 9 nitrogen and oxygen atoms in total. The van der Waals surface area contributed by atoms with E-state index in [4.69, 9.17) is 25.5 Å². The Labute approximate surface area is 158 Å². The van der Waals surface area contributed by atoms with Gasteiger partial charge in [0.25, 0.3) is 0 Å². The SMILES string of the molecule is CCOC(=O)c1c(C)nc(C=Cc2ccc([N+](=O)[O-])o2)c(Cl)c1OC(C)=O. The van der Waals surface area contributed by atoms with Gasteiger partial charge in [0.15, 0.2) is 5.75 Å². The van der Waals surface area contributed by atoms with Crippen LogP contribution in [0.25, 0.3) is 12.2 Å². The number of esters is 2. The Balaban J connectivity index is 2.49. The molecule has 0 saturated heterocycles. The second-order valence-electron chi connectivity index (χ2n) is 5.18. The van der Waals surface area contributed by atoms with Crippen LogP contribution in [0.4, 0.5) is 5.88 Å². The first-order valence-electron chi connectivity index (χ1n) is 7.72. The van der Waals surface area contributed by atoms with Gasteiger partial charge in [0, 0.05) is 6.92 Å². The van der Waals surface area contributed by atoms with E-state index in [1.807, 2.05) is 0 Å². The molecule has 2 aromatic heterocycles. The average Bonchev–Trinajstić information content (AvgIpc) is 3.05. The highest BCUT2D eigenvalue weighted by molar-refractivity contribution is 6.34. The number of nitrogens with zero attached hydrogens (tertiary/aromatic N) is 2. The molecule has 142 valence electrons. The summed E-state index contributed by atoms with van der Waals surface area (Å²) in [5, 5.41) is 10.6. The maximum atomic E-state index is 12.2. The van der Waals surface area contributed by atoms with Gasteiger partial charge in [0.1, 0.15) is 21.3 Å². The Kier molecular flexibility index (Phi) is 6.30. The van der Waals surface area contributed by atoms with Crippen molar-refractivity contribution < 1.29 is 28.4 Å². The lowest BCUT2D eigenvalue weighted by atomic mass is 10.1. The predicted molar refractivity (Wildman–Crippen MR) is 95.5 cm³/mol. The molecule has 0 N–H and O–H groups in total. The minimum absolute atomic E-state index is 0.0529. The normalized spacial score (nSPS) is 10.8. The third-order valence-electron chi connectivity index (χ3n) is 3.22. The lowest BCUT2D eigenvalue weighted by Gasteiger charge is -2.14. The molecule has 0 aliphatic heterocycles. The lowest BCUT2D eigenvalue weighted by Crippen LogP contribution is -2.14. The Morgan fingerprint density at radius 2 is 2.07 bits per heavy atom. The van der Waals surface area contributed by atoms with Crippen molar-refractivity contribution in [3.05, 3.63) is 50.0 Å². The number of halogens is 1. The largest absolute Gasteiger partial charge is 0.462 e. The van der Waals surface area contributed by atoms with E-state index in [2.05, 4.69) is 4.98 Å². The highest BCUT2D eigenvalue weighted by Crippen LogP contribution is 2.35. The molecule has 0 aliphatic carbocycles. The molecule has 0 saturated carbocycles. The van der Waals surface area contributed by atoms with Gasteiger partial charge in [-0.2, -0.15) is 0 Å². The van der Waals surface area contributed by atoms with Crippen molar-refractivity contribution in [2.75, 3.05) is 6.61 Å². The molecule has 10 heteroatoms. The van der Waals surface area contributed by atoms with E-state index < -0.39 is 22.7 Å². The van der Waals surface area contributed by atoms with Gasteiger partial charge < -0.3 is 13.9 Å². The fourth-order valence-electron chi connectivity index (χ4n) is 2.16. The van der Waals surface area contributed by atoms with E-state index in [0.717, 1.165) is 0 Å². The van der Waals surface area contributed by atoms with Crippen LogP contribution in [-0.2, 0) is 9.53 Å².